The molecule has 6 aromatic rings. The number of ether oxygens (including phenoxy) is 2. The largest absolute Gasteiger partial charge is 0.491 e. The summed E-state index contributed by atoms with van der Waals surface area (Å²) in [7, 11) is 3.79. The van der Waals surface area contributed by atoms with Crippen LogP contribution in [0.15, 0.2) is 104 Å². The van der Waals surface area contributed by atoms with Crippen molar-refractivity contribution in [3.63, 3.8) is 0 Å². The number of hydrogen-bond donors (Lipinski definition) is 1. The Morgan fingerprint density at radius 2 is 1.26 bits per heavy atom. The van der Waals surface area contributed by atoms with Crippen LogP contribution in [0.3, 0.4) is 0 Å². The first kappa shape index (κ1) is 44.9. The maximum Gasteiger partial charge on any atom is 0.251 e. The Morgan fingerprint density at radius 1 is 0.662 bits per heavy atom. The number of pyridine rings is 1. The fourth-order valence-electron chi connectivity index (χ4n) is 7.91. The molecule has 0 spiro atoms. The summed E-state index contributed by atoms with van der Waals surface area (Å²) in [6.45, 7) is 2.17. The Morgan fingerprint density at radius 3 is 1.95 bits per heavy atom. The molecule has 0 fully saturated rings. The van der Waals surface area contributed by atoms with Crippen molar-refractivity contribution in [3.8, 4) is 11.5 Å². The van der Waals surface area contributed by atoms with Gasteiger partial charge in [0.25, 0.3) is 5.91 Å². The Kier molecular flexibility index (Phi) is 14.4. The second kappa shape index (κ2) is 20.9. The Labute approximate surface area is 388 Å². The summed E-state index contributed by atoms with van der Waals surface area (Å²) in [6.07, 6.45) is 9.11. The van der Waals surface area contributed by atoms with Crippen molar-refractivity contribution in [2.45, 2.75) is 64.6 Å². The van der Waals surface area contributed by atoms with E-state index < -0.39 is 0 Å². The topological polar surface area (TPSA) is 162 Å². The Bertz CT molecular complexity index is 2670. The van der Waals surface area contributed by atoms with Crippen LogP contribution in [-0.4, -0.2) is 89.3 Å². The van der Waals surface area contributed by atoms with E-state index in [1.807, 2.05) is 90.6 Å². The molecule has 2 atom stereocenters. The highest BCUT2D eigenvalue weighted by Crippen LogP contribution is 2.35. The molecule has 5 heterocycles. The lowest BCUT2D eigenvalue weighted by Gasteiger charge is -2.23. The number of benzene rings is 3. The molecule has 3 aromatic heterocycles. The highest BCUT2D eigenvalue weighted by atomic mass is 32.1. The number of thiocarbonyl (C=S) groups is 2. The quantitative estimate of drug-likeness (QED) is 0.0518. The van der Waals surface area contributed by atoms with E-state index in [2.05, 4.69) is 30.5 Å². The molecule has 3 aromatic carbocycles. The average Bonchev–Trinajstić information content (AvgIpc) is 3.96. The van der Waals surface area contributed by atoms with E-state index in [0.29, 0.717) is 86.9 Å². The molecule has 8 rings (SSSR count). The summed E-state index contributed by atoms with van der Waals surface area (Å²) in [5.41, 5.74) is 4.17. The third-order valence-corrected chi connectivity index (χ3v) is 12.8. The smallest absolute Gasteiger partial charge is 0.251 e. The summed E-state index contributed by atoms with van der Waals surface area (Å²) in [5.74, 6) is 2.03. The maximum absolute atomic E-state index is 13.3. The summed E-state index contributed by atoms with van der Waals surface area (Å²) >= 11 is 11.6. The second-order valence-corrected chi connectivity index (χ2v) is 17.2. The molecule has 17 heteroatoms. The fourth-order valence-corrected chi connectivity index (χ4v) is 8.46. The third-order valence-electron chi connectivity index (χ3n) is 11.6. The minimum atomic E-state index is -0.229. The van der Waals surface area contributed by atoms with Gasteiger partial charge in [-0.1, -0.05) is 85.5 Å². The number of ketones is 2. The molecule has 0 saturated carbocycles. The van der Waals surface area contributed by atoms with Crippen molar-refractivity contribution in [2.75, 3.05) is 37.1 Å². The Hall–Kier alpha value is -6.72. The number of hydrogen-bond acceptors (Lipinski definition) is 12. The van der Waals surface area contributed by atoms with E-state index in [1.54, 1.807) is 46.4 Å². The molecule has 334 valence electrons. The van der Waals surface area contributed by atoms with Gasteiger partial charge in [-0.2, -0.15) is 0 Å². The van der Waals surface area contributed by atoms with Gasteiger partial charge in [0.1, 0.15) is 18.4 Å². The fraction of sp³-hybridized carbons (Fsp3) is 0.333. The summed E-state index contributed by atoms with van der Waals surface area (Å²) in [4.78, 5) is 57.4. The number of nitrogens with zero attached hydrogens (tertiary/aromatic N) is 9. The molecule has 2 aliphatic rings. The number of rotatable bonds is 18. The van der Waals surface area contributed by atoms with Crippen LogP contribution in [0.1, 0.15) is 93.2 Å². The number of unbranched alkanes of at least 4 members (excludes halogenated alkanes) is 1. The van der Waals surface area contributed by atoms with E-state index in [9.17, 15) is 14.4 Å². The van der Waals surface area contributed by atoms with Crippen molar-refractivity contribution in [1.29, 1.82) is 0 Å². The zero-order valence-corrected chi connectivity index (χ0v) is 38.0. The summed E-state index contributed by atoms with van der Waals surface area (Å²) < 4.78 is 15.5. The van der Waals surface area contributed by atoms with Crippen LogP contribution >= 0.6 is 24.4 Å². The minimum absolute atomic E-state index is 0.0573. The van der Waals surface area contributed by atoms with Gasteiger partial charge in [-0.05, 0) is 72.7 Å². The predicted octanol–water partition coefficient (Wildman–Crippen LogP) is 7.33. The minimum Gasteiger partial charge on any atom is -0.491 e. The van der Waals surface area contributed by atoms with Gasteiger partial charge in [-0.15, -0.1) is 10.2 Å². The SMILES string of the molecule is CN1C(=S)C(CCCC(=O)c2ncn(Cc3ccccc3)n2)COc2ccc(C(=O)NCc3ccc(Cn4cnc(C(=O)CCCCC5COc6cccnc6N(C)C5=S)n4)cc3)cc21. The molecule has 2 aliphatic heterocycles. The van der Waals surface area contributed by atoms with E-state index in [-0.39, 0.29) is 41.0 Å². The first-order valence-corrected chi connectivity index (χ1v) is 22.6. The number of nitrogens with one attached hydrogen (secondary N) is 1. The number of anilines is 2. The normalized spacial score (nSPS) is 15.8. The first-order valence-electron chi connectivity index (χ1n) is 21.7. The standard InChI is InChI=1S/C48H50N10O5S2/c1-55-38-24-35(21-22-41(38)62-28-37(47(55)64)13-8-15-40(60)44-52-30-57(54-44)26-33-10-4-3-5-11-33)46(61)50-25-32-17-19-34(20-18-32)27-58-31-51-43(53-58)39(59)14-7-6-12-36-29-63-42-16-9-23-49-45(42)56(2)48(36)65/h3-5,9-11,16-24,30-31,36-37H,6-8,12-15,25-29H2,1-2H3,(H,50,61). The molecule has 1 amide bonds. The number of carbonyl (C=O) groups excluding carboxylic acids is 3. The molecule has 65 heavy (non-hydrogen) atoms. The van der Waals surface area contributed by atoms with Crippen LogP contribution < -0.4 is 24.6 Å². The van der Waals surface area contributed by atoms with Gasteiger partial charge in [0.2, 0.25) is 23.2 Å². The average molecular weight is 911 g/mol. The zero-order chi connectivity index (χ0) is 45.3. The summed E-state index contributed by atoms with van der Waals surface area (Å²) in [6, 6.07) is 26.8. The molecule has 1 N–H and O–H groups in total. The lowest BCUT2D eigenvalue weighted by Crippen LogP contribution is -2.32. The Balaban J connectivity index is 0.755. The maximum atomic E-state index is 13.3. The van der Waals surface area contributed by atoms with E-state index in [4.69, 9.17) is 33.9 Å². The monoisotopic (exact) mass is 910 g/mol. The highest BCUT2D eigenvalue weighted by Gasteiger charge is 2.29. The molecule has 2 unspecified atom stereocenters. The van der Waals surface area contributed by atoms with Crippen LogP contribution in [0.25, 0.3) is 0 Å². The van der Waals surface area contributed by atoms with Crippen molar-refractivity contribution in [1.82, 2.24) is 39.8 Å². The van der Waals surface area contributed by atoms with E-state index >= 15 is 0 Å². The van der Waals surface area contributed by atoms with Crippen molar-refractivity contribution in [3.05, 3.63) is 138 Å². The lowest BCUT2D eigenvalue weighted by molar-refractivity contribution is 0.0946. The number of carbonyl (C=O) groups is 3. The van der Waals surface area contributed by atoms with Crippen LogP contribution in [0.2, 0.25) is 0 Å². The van der Waals surface area contributed by atoms with Gasteiger partial charge in [-0.3, -0.25) is 14.4 Å². The van der Waals surface area contributed by atoms with Crippen LogP contribution in [-0.2, 0) is 19.6 Å². The van der Waals surface area contributed by atoms with Gasteiger partial charge in [0.05, 0.1) is 42.0 Å². The molecular weight excluding hydrogens is 861 g/mol. The van der Waals surface area contributed by atoms with Crippen molar-refractivity contribution in [2.24, 2.45) is 11.8 Å². The lowest BCUT2D eigenvalue weighted by atomic mass is 10.0. The van der Waals surface area contributed by atoms with E-state index in [1.165, 1.54) is 0 Å². The van der Waals surface area contributed by atoms with Crippen LogP contribution in [0.4, 0.5) is 11.5 Å². The molecule has 0 bridgehead atoms. The molecular formula is C48H50N10O5S2. The van der Waals surface area contributed by atoms with Gasteiger partial charge in [-0.25, -0.2) is 24.3 Å². The van der Waals surface area contributed by atoms with Gasteiger partial charge in [0, 0.05) is 57.1 Å². The number of amides is 1. The number of aromatic nitrogens is 7. The van der Waals surface area contributed by atoms with Crippen molar-refractivity contribution >= 4 is 63.4 Å². The number of Topliss-reactive ketones (excluding diaryl/α,β-unsaturated/α-hetero) is 2. The second-order valence-electron chi connectivity index (χ2n) is 16.3. The number of fused-ring (bicyclic) bond motifs is 2. The van der Waals surface area contributed by atoms with Crippen LogP contribution in [0.5, 0.6) is 11.5 Å². The van der Waals surface area contributed by atoms with Gasteiger partial charge >= 0.3 is 0 Å². The summed E-state index contributed by atoms with van der Waals surface area (Å²) in [5, 5.41) is 11.8. The first-order chi connectivity index (χ1) is 31.6. The molecule has 15 nitrogen and oxygen atoms in total. The highest BCUT2D eigenvalue weighted by molar-refractivity contribution is 7.80. The zero-order valence-electron chi connectivity index (χ0n) is 36.3. The van der Waals surface area contributed by atoms with Gasteiger partial charge < -0.3 is 24.6 Å². The predicted molar refractivity (Wildman–Crippen MR) is 254 cm³/mol. The van der Waals surface area contributed by atoms with Crippen LogP contribution in [0, 0.1) is 11.8 Å². The van der Waals surface area contributed by atoms with Crippen molar-refractivity contribution < 1.29 is 23.9 Å². The van der Waals surface area contributed by atoms with E-state index in [0.717, 1.165) is 46.1 Å². The molecule has 0 radical (unpaired) electrons. The molecule has 0 saturated heterocycles. The third kappa shape index (κ3) is 11.2. The molecule has 0 aliphatic carbocycles. The van der Waals surface area contributed by atoms with Gasteiger partial charge in [0.15, 0.2) is 11.6 Å².